The third-order valence-corrected chi connectivity index (χ3v) is 5.97. The maximum atomic E-state index is 13.0. The third-order valence-electron chi connectivity index (χ3n) is 5.52. The molecule has 3 rings (SSSR count). The Bertz CT molecular complexity index is 866. The van der Waals surface area contributed by atoms with E-state index in [1.54, 1.807) is 6.07 Å². The van der Waals surface area contributed by atoms with Gasteiger partial charge in [-0.15, -0.1) is 11.6 Å². The molecule has 2 aromatic rings. The number of piperidine rings is 1. The highest BCUT2D eigenvalue weighted by molar-refractivity contribution is 6.32. The van der Waals surface area contributed by atoms with Crippen molar-refractivity contribution in [3.8, 4) is 0 Å². The van der Waals surface area contributed by atoms with Crippen molar-refractivity contribution in [1.82, 2.24) is 5.32 Å². The van der Waals surface area contributed by atoms with Gasteiger partial charge in [-0.05, 0) is 56.4 Å². The van der Waals surface area contributed by atoms with Crippen molar-refractivity contribution in [2.75, 3.05) is 23.3 Å². The van der Waals surface area contributed by atoms with Gasteiger partial charge in [0.25, 0.3) is 5.91 Å². The van der Waals surface area contributed by atoms with Crippen LogP contribution in [0.5, 0.6) is 0 Å². The van der Waals surface area contributed by atoms with Gasteiger partial charge in [0.2, 0.25) is 5.91 Å². The molecule has 2 aromatic carbocycles. The number of hydrogen-bond donors (Lipinski definition) is 2. The van der Waals surface area contributed by atoms with Crippen molar-refractivity contribution in [2.45, 2.75) is 50.9 Å². The topological polar surface area (TPSA) is 61.4 Å². The van der Waals surface area contributed by atoms with Gasteiger partial charge in [-0.1, -0.05) is 37.3 Å². The molecular formula is C24H30ClN3O2. The maximum Gasteiger partial charge on any atom is 0.253 e. The van der Waals surface area contributed by atoms with Gasteiger partial charge in [-0.25, -0.2) is 0 Å². The number of anilines is 2. The van der Waals surface area contributed by atoms with E-state index < -0.39 is 5.38 Å². The number of alkyl halides is 1. The van der Waals surface area contributed by atoms with Crippen molar-refractivity contribution in [2.24, 2.45) is 0 Å². The van der Waals surface area contributed by atoms with E-state index >= 15 is 0 Å². The molecule has 0 bridgehead atoms. The van der Waals surface area contributed by atoms with Crippen LogP contribution in [0.3, 0.4) is 0 Å². The molecular weight excluding hydrogens is 398 g/mol. The number of hydrogen-bond acceptors (Lipinski definition) is 3. The highest BCUT2D eigenvalue weighted by Gasteiger charge is 2.22. The second kappa shape index (κ2) is 10.5. The second-order valence-electron chi connectivity index (χ2n) is 7.82. The molecule has 1 aliphatic heterocycles. The lowest BCUT2D eigenvalue weighted by Gasteiger charge is -2.31. The lowest BCUT2D eigenvalue weighted by atomic mass is 10.0. The van der Waals surface area contributed by atoms with Gasteiger partial charge < -0.3 is 15.5 Å². The zero-order chi connectivity index (χ0) is 21.5. The molecule has 2 atom stereocenters. The van der Waals surface area contributed by atoms with E-state index in [1.165, 1.54) is 6.42 Å². The Morgan fingerprint density at radius 1 is 1.07 bits per heavy atom. The van der Waals surface area contributed by atoms with Gasteiger partial charge in [-0.3, -0.25) is 9.59 Å². The zero-order valence-electron chi connectivity index (χ0n) is 17.7. The summed E-state index contributed by atoms with van der Waals surface area (Å²) in [5, 5.41) is 5.11. The molecule has 2 unspecified atom stereocenters. The number of halogens is 1. The summed E-state index contributed by atoms with van der Waals surface area (Å²) in [4.78, 5) is 27.9. The molecule has 0 radical (unpaired) electrons. The summed E-state index contributed by atoms with van der Waals surface area (Å²) in [7, 11) is 0. The van der Waals surface area contributed by atoms with Crippen molar-refractivity contribution >= 4 is 34.8 Å². The quantitative estimate of drug-likeness (QED) is 0.602. The smallest absolute Gasteiger partial charge is 0.253 e. The molecule has 2 amide bonds. The largest absolute Gasteiger partial charge is 0.371 e. The predicted octanol–water partition coefficient (Wildman–Crippen LogP) is 5.12. The molecule has 1 saturated heterocycles. The van der Waals surface area contributed by atoms with Crippen LogP contribution in [0.15, 0.2) is 48.5 Å². The first-order chi connectivity index (χ1) is 14.5. The van der Waals surface area contributed by atoms with Gasteiger partial charge in [0, 0.05) is 30.5 Å². The number of rotatable bonds is 7. The molecule has 0 spiro atoms. The first kappa shape index (κ1) is 22.2. The molecule has 5 nitrogen and oxygen atoms in total. The normalized spacial score (nSPS) is 15.9. The Balaban J connectivity index is 1.83. The molecule has 30 heavy (non-hydrogen) atoms. The molecule has 0 aliphatic carbocycles. The van der Waals surface area contributed by atoms with Crippen LogP contribution in [-0.4, -0.2) is 30.9 Å². The van der Waals surface area contributed by atoms with Gasteiger partial charge in [0.15, 0.2) is 0 Å². The number of nitrogens with one attached hydrogen (secondary N) is 2. The van der Waals surface area contributed by atoms with Crippen molar-refractivity contribution in [1.29, 1.82) is 0 Å². The first-order valence-electron chi connectivity index (χ1n) is 10.7. The monoisotopic (exact) mass is 427 g/mol. The Kier molecular flexibility index (Phi) is 7.75. The Morgan fingerprint density at radius 3 is 2.43 bits per heavy atom. The van der Waals surface area contributed by atoms with E-state index in [4.69, 9.17) is 11.6 Å². The zero-order valence-corrected chi connectivity index (χ0v) is 18.4. The number of nitrogens with zero attached hydrogens (tertiary/aromatic N) is 1. The lowest BCUT2D eigenvalue weighted by Crippen LogP contribution is -2.35. The summed E-state index contributed by atoms with van der Waals surface area (Å²) < 4.78 is 0. The molecule has 160 valence electrons. The van der Waals surface area contributed by atoms with Crippen molar-refractivity contribution in [3.63, 3.8) is 0 Å². The lowest BCUT2D eigenvalue weighted by molar-refractivity contribution is -0.116. The van der Waals surface area contributed by atoms with E-state index in [-0.39, 0.29) is 17.9 Å². The second-order valence-corrected chi connectivity index (χ2v) is 8.26. The summed E-state index contributed by atoms with van der Waals surface area (Å²) in [6, 6.07) is 14.8. The van der Waals surface area contributed by atoms with E-state index in [9.17, 15) is 9.59 Å². The van der Waals surface area contributed by atoms with Crippen LogP contribution < -0.4 is 15.5 Å². The summed E-state index contributed by atoms with van der Waals surface area (Å²) in [5.74, 6) is -0.437. The highest BCUT2D eigenvalue weighted by atomic mass is 35.5. The Morgan fingerprint density at radius 2 is 1.77 bits per heavy atom. The van der Waals surface area contributed by atoms with Crippen LogP contribution in [-0.2, 0) is 4.79 Å². The number of carbonyl (C=O) groups is 2. The predicted molar refractivity (Wildman–Crippen MR) is 123 cm³/mol. The molecule has 1 heterocycles. The van der Waals surface area contributed by atoms with Crippen LogP contribution in [0, 0.1) is 0 Å². The highest BCUT2D eigenvalue weighted by Crippen LogP contribution is 2.29. The molecule has 1 aliphatic rings. The molecule has 6 heteroatoms. The van der Waals surface area contributed by atoms with Gasteiger partial charge in [0.05, 0.1) is 5.56 Å². The summed E-state index contributed by atoms with van der Waals surface area (Å²) >= 11 is 6.35. The molecule has 0 aromatic heterocycles. The van der Waals surface area contributed by atoms with E-state index in [1.807, 2.05) is 56.3 Å². The Hall–Kier alpha value is -2.53. The average Bonchev–Trinajstić information content (AvgIpc) is 2.79. The molecule has 2 N–H and O–H groups in total. The number of carbonyl (C=O) groups excluding carboxylic acids is 2. The summed E-state index contributed by atoms with van der Waals surface area (Å²) in [6.07, 6.45) is 4.31. The van der Waals surface area contributed by atoms with Crippen LogP contribution in [0.25, 0.3) is 0 Å². The molecule has 0 saturated carbocycles. The summed E-state index contributed by atoms with van der Waals surface area (Å²) in [6.45, 7) is 5.90. The van der Waals surface area contributed by atoms with Crippen molar-refractivity contribution < 1.29 is 9.59 Å². The van der Waals surface area contributed by atoms with Crippen LogP contribution in [0.4, 0.5) is 11.4 Å². The number of benzene rings is 2. The van der Waals surface area contributed by atoms with Crippen LogP contribution in [0.1, 0.15) is 60.8 Å². The fourth-order valence-electron chi connectivity index (χ4n) is 3.59. The minimum absolute atomic E-state index is 0.0789. The Labute approximate surface area is 183 Å². The fraction of sp³-hybridized carbons (Fsp3) is 0.417. The average molecular weight is 428 g/mol. The SMILES string of the molecule is CCC(C)NC(=O)c1cc(NC(=O)C(Cl)c2ccccc2)ccc1N1CCCCC1. The first-order valence-corrected chi connectivity index (χ1v) is 11.1. The van der Waals surface area contributed by atoms with E-state index in [2.05, 4.69) is 15.5 Å². The van der Waals surface area contributed by atoms with Gasteiger partial charge >= 0.3 is 0 Å². The molecule has 1 fully saturated rings. The fourth-order valence-corrected chi connectivity index (χ4v) is 3.79. The summed E-state index contributed by atoms with van der Waals surface area (Å²) in [5.41, 5.74) is 2.80. The minimum atomic E-state index is -0.801. The van der Waals surface area contributed by atoms with E-state index in [0.29, 0.717) is 11.3 Å². The third kappa shape index (κ3) is 5.54. The maximum absolute atomic E-state index is 13.0. The van der Waals surface area contributed by atoms with Gasteiger partial charge in [-0.2, -0.15) is 0 Å². The van der Waals surface area contributed by atoms with Gasteiger partial charge in [0.1, 0.15) is 5.38 Å². The number of amides is 2. The van der Waals surface area contributed by atoms with Crippen LogP contribution in [0.2, 0.25) is 0 Å². The van der Waals surface area contributed by atoms with Crippen molar-refractivity contribution in [3.05, 3.63) is 59.7 Å². The van der Waals surface area contributed by atoms with E-state index in [0.717, 1.165) is 43.6 Å². The minimum Gasteiger partial charge on any atom is -0.371 e. The standard InChI is InChI=1S/C24H30ClN3O2/c1-3-17(2)26-23(29)20-16-19(12-13-21(20)28-14-8-5-9-15-28)27-24(30)22(25)18-10-6-4-7-11-18/h4,6-7,10-13,16-17,22H,3,5,8-9,14-15H2,1-2H3,(H,26,29)(H,27,30). The van der Waals surface area contributed by atoms with Crippen LogP contribution >= 0.6 is 11.6 Å².